The quantitative estimate of drug-likeness (QED) is 0.0261. The third-order valence-electron chi connectivity index (χ3n) is 13.7. The maximum atomic E-state index is 12.9. The van der Waals surface area contributed by atoms with Crippen LogP contribution in [0.15, 0.2) is 60.8 Å². The fourth-order valence-corrected chi connectivity index (χ4v) is 9.01. The van der Waals surface area contributed by atoms with E-state index < -0.39 is 6.10 Å². The van der Waals surface area contributed by atoms with Crippen molar-refractivity contribution in [1.82, 2.24) is 0 Å². The molecular formula is C66H118O6. The van der Waals surface area contributed by atoms with Gasteiger partial charge in [0.05, 0.1) is 0 Å². The van der Waals surface area contributed by atoms with E-state index in [0.29, 0.717) is 19.3 Å². The van der Waals surface area contributed by atoms with E-state index in [1.54, 1.807) is 0 Å². The summed E-state index contributed by atoms with van der Waals surface area (Å²) < 4.78 is 16.9. The fourth-order valence-electron chi connectivity index (χ4n) is 9.01. The van der Waals surface area contributed by atoms with E-state index in [4.69, 9.17) is 14.2 Å². The van der Waals surface area contributed by atoms with E-state index in [1.807, 2.05) is 0 Å². The topological polar surface area (TPSA) is 78.9 Å². The van der Waals surface area contributed by atoms with E-state index >= 15 is 0 Å². The maximum Gasteiger partial charge on any atom is 0.306 e. The van der Waals surface area contributed by atoms with Crippen LogP contribution in [0, 0.1) is 0 Å². The van der Waals surface area contributed by atoms with E-state index in [2.05, 4.69) is 81.5 Å². The van der Waals surface area contributed by atoms with Crippen LogP contribution in [0.4, 0.5) is 0 Å². The van der Waals surface area contributed by atoms with Gasteiger partial charge in [-0.25, -0.2) is 0 Å². The number of allylic oxidation sites excluding steroid dienone is 10. The summed E-state index contributed by atoms with van der Waals surface area (Å²) in [6, 6.07) is 0. The third kappa shape index (κ3) is 58.0. The van der Waals surface area contributed by atoms with Crippen molar-refractivity contribution >= 4 is 17.9 Å². The van der Waals surface area contributed by atoms with E-state index in [1.165, 1.54) is 186 Å². The van der Waals surface area contributed by atoms with Crippen molar-refractivity contribution in [3.8, 4) is 0 Å². The Bertz CT molecular complexity index is 1290. The van der Waals surface area contributed by atoms with Crippen LogP contribution in [0.2, 0.25) is 0 Å². The Hall–Kier alpha value is -2.89. The fraction of sp³-hybridized carbons (Fsp3) is 0.803. The predicted molar refractivity (Wildman–Crippen MR) is 312 cm³/mol. The van der Waals surface area contributed by atoms with Gasteiger partial charge in [0.1, 0.15) is 13.2 Å². The molecule has 0 rings (SSSR count). The third-order valence-corrected chi connectivity index (χ3v) is 13.7. The van der Waals surface area contributed by atoms with Crippen LogP contribution in [0.5, 0.6) is 0 Å². The van der Waals surface area contributed by atoms with Gasteiger partial charge in [-0.3, -0.25) is 14.4 Å². The zero-order valence-corrected chi connectivity index (χ0v) is 47.9. The zero-order valence-electron chi connectivity index (χ0n) is 47.9. The van der Waals surface area contributed by atoms with Gasteiger partial charge in [0, 0.05) is 19.3 Å². The number of carbonyl (C=O) groups is 3. The first-order chi connectivity index (χ1) is 35.5. The van der Waals surface area contributed by atoms with Crippen LogP contribution in [-0.2, 0) is 28.6 Å². The Kier molecular flexibility index (Phi) is 58.2. The zero-order chi connectivity index (χ0) is 52.2. The lowest BCUT2D eigenvalue weighted by atomic mass is 10.0. The minimum Gasteiger partial charge on any atom is -0.462 e. The van der Waals surface area contributed by atoms with Crippen LogP contribution in [0.3, 0.4) is 0 Å². The molecule has 0 saturated heterocycles. The average Bonchev–Trinajstić information content (AvgIpc) is 3.38. The second-order valence-electron chi connectivity index (χ2n) is 21.0. The van der Waals surface area contributed by atoms with Gasteiger partial charge in [-0.1, -0.05) is 274 Å². The van der Waals surface area contributed by atoms with Crippen molar-refractivity contribution < 1.29 is 28.6 Å². The molecule has 0 aliphatic heterocycles. The molecule has 72 heavy (non-hydrogen) atoms. The highest BCUT2D eigenvalue weighted by Gasteiger charge is 2.19. The van der Waals surface area contributed by atoms with Gasteiger partial charge in [0.15, 0.2) is 6.10 Å². The van der Waals surface area contributed by atoms with Crippen LogP contribution >= 0.6 is 0 Å². The number of hydrogen-bond donors (Lipinski definition) is 0. The molecule has 0 aliphatic carbocycles. The number of carbonyl (C=O) groups excluding carboxylic acids is 3. The second kappa shape index (κ2) is 60.7. The number of rotatable bonds is 57. The molecule has 0 amide bonds. The first-order valence-corrected chi connectivity index (χ1v) is 31.3. The molecule has 0 heterocycles. The summed E-state index contributed by atoms with van der Waals surface area (Å²) in [5.74, 6) is -0.891. The molecule has 0 aliphatic rings. The maximum absolute atomic E-state index is 12.9. The van der Waals surface area contributed by atoms with Crippen LogP contribution in [0.1, 0.15) is 323 Å². The van der Waals surface area contributed by atoms with Gasteiger partial charge in [-0.05, 0) is 89.9 Å². The summed E-state index contributed by atoms with van der Waals surface area (Å²) in [6.07, 6.45) is 76.4. The molecule has 0 fully saturated rings. The number of esters is 3. The van der Waals surface area contributed by atoms with E-state index in [0.717, 1.165) is 96.3 Å². The lowest BCUT2D eigenvalue weighted by molar-refractivity contribution is -0.167. The molecule has 0 spiro atoms. The largest absolute Gasteiger partial charge is 0.462 e. The Labute approximate surface area is 447 Å². The highest BCUT2D eigenvalue weighted by molar-refractivity contribution is 5.71. The SMILES string of the molecule is CCCCCC/C=C\C/C=C\CCCCCCCC(=O)OCC(COC(=O)CCCCCCCC/C=C\C/C=C\C/C=C\CCCCCCC)OC(=O)CCCCCCCCCCCCCCCCCCC. The standard InChI is InChI=1S/C66H118O6/c1-4-7-10-13-16-19-22-25-28-31-32-33-34-36-38-41-44-47-50-53-56-59-65(68)71-62-63(61-70-64(67)58-55-52-49-46-43-40-37-30-27-24-21-18-15-12-9-6-3)72-66(69)60-57-54-51-48-45-42-39-35-29-26-23-20-17-14-11-8-5-2/h21-22,24-25,30-32,34,36-37,63H,4-20,23,26-29,33,35,38-62H2,1-3H3/b24-21-,25-22-,32-31-,36-34-,37-30-. The molecule has 0 bridgehead atoms. The monoisotopic (exact) mass is 1010 g/mol. The van der Waals surface area contributed by atoms with Crippen molar-refractivity contribution in [1.29, 1.82) is 0 Å². The molecule has 0 radical (unpaired) electrons. The molecular weight excluding hydrogens is 889 g/mol. The number of ether oxygens (including phenoxy) is 3. The molecule has 1 atom stereocenters. The van der Waals surface area contributed by atoms with Gasteiger partial charge in [0.2, 0.25) is 0 Å². The normalized spacial score (nSPS) is 12.4. The van der Waals surface area contributed by atoms with Gasteiger partial charge in [-0.2, -0.15) is 0 Å². The van der Waals surface area contributed by atoms with Crippen molar-refractivity contribution in [2.75, 3.05) is 13.2 Å². The van der Waals surface area contributed by atoms with Crippen LogP contribution in [0.25, 0.3) is 0 Å². The molecule has 1 unspecified atom stereocenters. The lowest BCUT2D eigenvalue weighted by Crippen LogP contribution is -2.30. The lowest BCUT2D eigenvalue weighted by Gasteiger charge is -2.18. The van der Waals surface area contributed by atoms with Gasteiger partial charge >= 0.3 is 17.9 Å². The van der Waals surface area contributed by atoms with E-state index in [9.17, 15) is 14.4 Å². The minimum absolute atomic E-state index is 0.0830. The first kappa shape index (κ1) is 69.1. The Morgan fingerprint density at radius 3 is 0.792 bits per heavy atom. The first-order valence-electron chi connectivity index (χ1n) is 31.3. The second-order valence-corrected chi connectivity index (χ2v) is 21.0. The van der Waals surface area contributed by atoms with Gasteiger partial charge < -0.3 is 14.2 Å². The van der Waals surface area contributed by atoms with Crippen molar-refractivity contribution in [3.05, 3.63) is 60.8 Å². The molecule has 0 N–H and O–H groups in total. The van der Waals surface area contributed by atoms with E-state index in [-0.39, 0.29) is 31.1 Å². The summed E-state index contributed by atoms with van der Waals surface area (Å²) in [5, 5.41) is 0. The van der Waals surface area contributed by atoms with Gasteiger partial charge in [0.25, 0.3) is 0 Å². The molecule has 0 aromatic carbocycles. The molecule has 0 aromatic heterocycles. The average molecular weight is 1010 g/mol. The van der Waals surface area contributed by atoms with Crippen LogP contribution < -0.4 is 0 Å². The molecule has 0 aromatic rings. The summed E-state index contributed by atoms with van der Waals surface area (Å²) in [7, 11) is 0. The summed E-state index contributed by atoms with van der Waals surface area (Å²) >= 11 is 0. The van der Waals surface area contributed by atoms with Crippen molar-refractivity contribution in [2.24, 2.45) is 0 Å². The highest BCUT2D eigenvalue weighted by atomic mass is 16.6. The Morgan fingerprint density at radius 1 is 0.278 bits per heavy atom. The summed E-state index contributed by atoms with van der Waals surface area (Å²) in [4.78, 5) is 38.3. The molecule has 6 nitrogen and oxygen atoms in total. The number of hydrogen-bond acceptors (Lipinski definition) is 6. The number of unbranched alkanes of at least 4 members (excludes halogenated alkanes) is 36. The van der Waals surface area contributed by atoms with Crippen LogP contribution in [-0.4, -0.2) is 37.2 Å². The highest BCUT2D eigenvalue weighted by Crippen LogP contribution is 2.16. The Balaban J connectivity index is 4.39. The summed E-state index contributed by atoms with van der Waals surface area (Å²) in [6.45, 7) is 6.63. The smallest absolute Gasteiger partial charge is 0.306 e. The summed E-state index contributed by atoms with van der Waals surface area (Å²) in [5.41, 5.74) is 0. The Morgan fingerprint density at radius 2 is 0.500 bits per heavy atom. The molecule has 6 heteroatoms. The van der Waals surface area contributed by atoms with Gasteiger partial charge in [-0.15, -0.1) is 0 Å². The van der Waals surface area contributed by atoms with Crippen molar-refractivity contribution in [2.45, 2.75) is 329 Å². The van der Waals surface area contributed by atoms with Crippen molar-refractivity contribution in [3.63, 3.8) is 0 Å². The predicted octanol–water partition coefficient (Wildman–Crippen LogP) is 21.2. The molecule has 418 valence electrons. The molecule has 0 saturated carbocycles. The minimum atomic E-state index is -0.785.